The maximum Gasteiger partial charge on any atom is 0.231 e. The summed E-state index contributed by atoms with van der Waals surface area (Å²) >= 11 is 0. The number of likely N-dealkylation sites (tertiary alicyclic amines) is 2. The zero-order valence-electron chi connectivity index (χ0n) is 19.1. The molecule has 0 bridgehead atoms. The second kappa shape index (κ2) is 8.16. The smallest absolute Gasteiger partial charge is 0.231 e. The minimum absolute atomic E-state index is 0.0918. The Morgan fingerprint density at radius 3 is 2.66 bits per heavy atom. The van der Waals surface area contributed by atoms with E-state index in [4.69, 9.17) is 4.98 Å². The number of imidazole rings is 1. The number of hydrogen-bond donors (Lipinski definition) is 0. The van der Waals surface area contributed by atoms with Gasteiger partial charge in [0, 0.05) is 82.1 Å². The summed E-state index contributed by atoms with van der Waals surface area (Å²) in [4.78, 5) is 27.2. The van der Waals surface area contributed by atoms with Gasteiger partial charge in [0.15, 0.2) is 0 Å². The van der Waals surface area contributed by atoms with Gasteiger partial charge < -0.3 is 9.47 Å². The van der Waals surface area contributed by atoms with E-state index in [-0.39, 0.29) is 11.8 Å². The Balaban J connectivity index is 1.43. The lowest BCUT2D eigenvalue weighted by molar-refractivity contribution is -0.136. The predicted molar refractivity (Wildman–Crippen MR) is 121 cm³/mol. The van der Waals surface area contributed by atoms with Crippen LogP contribution in [0.25, 0.3) is 0 Å². The highest BCUT2D eigenvalue weighted by Gasteiger charge is 2.57. The molecule has 3 aromatic rings. The first kappa shape index (κ1) is 20.9. The molecule has 5 heterocycles. The quantitative estimate of drug-likeness (QED) is 0.598. The Kier molecular flexibility index (Phi) is 5.33. The lowest BCUT2D eigenvalue weighted by Gasteiger charge is -2.28. The van der Waals surface area contributed by atoms with Crippen LogP contribution in [-0.4, -0.2) is 59.7 Å². The molecule has 1 spiro atoms. The van der Waals surface area contributed by atoms with E-state index in [9.17, 15) is 4.79 Å². The zero-order chi connectivity index (χ0) is 22.3. The van der Waals surface area contributed by atoms with Gasteiger partial charge in [0.25, 0.3) is 0 Å². The lowest BCUT2D eigenvalue weighted by atomic mass is 9.75. The molecule has 2 saturated heterocycles. The third kappa shape index (κ3) is 3.72. The molecular formula is C24H31N7O. The van der Waals surface area contributed by atoms with Crippen molar-refractivity contribution in [2.75, 3.05) is 19.6 Å². The van der Waals surface area contributed by atoms with E-state index in [0.29, 0.717) is 12.6 Å². The molecule has 0 aromatic carbocycles. The Morgan fingerprint density at radius 2 is 1.97 bits per heavy atom. The highest BCUT2D eigenvalue weighted by atomic mass is 16.2. The topological polar surface area (TPSA) is 72.1 Å². The number of carbonyl (C=O) groups is 1. The monoisotopic (exact) mass is 433 g/mol. The number of nitrogens with zero attached hydrogens (tertiary/aromatic N) is 7. The summed E-state index contributed by atoms with van der Waals surface area (Å²) in [6.45, 7) is 8.12. The van der Waals surface area contributed by atoms with Gasteiger partial charge in [-0.3, -0.25) is 19.4 Å². The summed E-state index contributed by atoms with van der Waals surface area (Å²) in [5.74, 6) is 0.348. The van der Waals surface area contributed by atoms with E-state index >= 15 is 0 Å². The number of aryl methyl sites for hydroxylation is 1. The van der Waals surface area contributed by atoms with Crippen molar-refractivity contribution >= 4 is 5.91 Å². The lowest BCUT2D eigenvalue weighted by Crippen LogP contribution is -2.39. The maximum atomic E-state index is 13.9. The van der Waals surface area contributed by atoms with E-state index in [0.717, 1.165) is 43.9 Å². The van der Waals surface area contributed by atoms with Crippen molar-refractivity contribution in [3.63, 3.8) is 0 Å². The summed E-state index contributed by atoms with van der Waals surface area (Å²) in [6, 6.07) is 4.33. The maximum absolute atomic E-state index is 13.9. The molecule has 32 heavy (non-hydrogen) atoms. The van der Waals surface area contributed by atoms with Crippen LogP contribution in [0.3, 0.4) is 0 Å². The van der Waals surface area contributed by atoms with Crippen molar-refractivity contribution in [2.24, 2.45) is 12.5 Å². The SMILES string of the molecule is CC(C)n1cnc([C@H]2CN(Cc3cnn(C)c3)C[C@]23CCN(Cc2ccncc2)C3=O)c1. The number of pyridine rings is 1. The van der Waals surface area contributed by atoms with E-state index in [2.05, 4.69) is 45.8 Å². The average Bonchev–Trinajstić information content (AvgIpc) is 3.54. The molecule has 2 atom stereocenters. The molecule has 2 fully saturated rings. The third-order valence-corrected chi connectivity index (χ3v) is 7.02. The van der Waals surface area contributed by atoms with Crippen LogP contribution in [-0.2, 0) is 24.9 Å². The Hall–Kier alpha value is -3.00. The molecule has 0 radical (unpaired) electrons. The second-order valence-corrected chi connectivity index (χ2v) is 9.57. The van der Waals surface area contributed by atoms with Gasteiger partial charge in [-0.1, -0.05) is 0 Å². The molecule has 0 saturated carbocycles. The van der Waals surface area contributed by atoms with Gasteiger partial charge in [0.2, 0.25) is 5.91 Å². The average molecular weight is 434 g/mol. The normalized spacial score (nSPS) is 23.8. The fourth-order valence-electron chi connectivity index (χ4n) is 5.32. The van der Waals surface area contributed by atoms with E-state index in [1.807, 2.05) is 41.3 Å². The molecular weight excluding hydrogens is 402 g/mol. The minimum atomic E-state index is -0.425. The minimum Gasteiger partial charge on any atom is -0.338 e. The van der Waals surface area contributed by atoms with Crippen LogP contribution in [0.4, 0.5) is 0 Å². The van der Waals surface area contributed by atoms with Gasteiger partial charge in [0.05, 0.1) is 23.6 Å². The molecule has 0 N–H and O–H groups in total. The fourth-order valence-corrected chi connectivity index (χ4v) is 5.32. The largest absolute Gasteiger partial charge is 0.338 e. The summed E-state index contributed by atoms with van der Waals surface area (Å²) < 4.78 is 3.97. The third-order valence-electron chi connectivity index (χ3n) is 7.02. The van der Waals surface area contributed by atoms with Gasteiger partial charge >= 0.3 is 0 Å². The van der Waals surface area contributed by atoms with Crippen LogP contribution in [0, 0.1) is 5.41 Å². The summed E-state index contributed by atoms with van der Waals surface area (Å²) in [7, 11) is 1.94. The molecule has 8 heteroatoms. The highest BCUT2D eigenvalue weighted by molar-refractivity contribution is 5.86. The fraction of sp³-hybridized carbons (Fsp3) is 0.500. The van der Waals surface area contributed by atoms with Gasteiger partial charge in [0.1, 0.15) is 0 Å². The second-order valence-electron chi connectivity index (χ2n) is 9.57. The van der Waals surface area contributed by atoms with Crippen molar-refractivity contribution in [1.82, 2.24) is 34.1 Å². The van der Waals surface area contributed by atoms with Crippen LogP contribution in [0.1, 0.15) is 49.0 Å². The van der Waals surface area contributed by atoms with E-state index < -0.39 is 5.41 Å². The number of amides is 1. The van der Waals surface area contributed by atoms with E-state index in [1.165, 1.54) is 5.56 Å². The van der Waals surface area contributed by atoms with Crippen LogP contribution < -0.4 is 0 Å². The Bertz CT molecular complexity index is 1090. The first-order valence-corrected chi connectivity index (χ1v) is 11.4. The van der Waals surface area contributed by atoms with Gasteiger partial charge in [-0.15, -0.1) is 0 Å². The first-order valence-electron chi connectivity index (χ1n) is 11.4. The van der Waals surface area contributed by atoms with Crippen LogP contribution in [0.2, 0.25) is 0 Å². The van der Waals surface area contributed by atoms with Gasteiger partial charge in [-0.05, 0) is 38.0 Å². The van der Waals surface area contributed by atoms with E-state index in [1.54, 1.807) is 12.4 Å². The molecule has 3 aromatic heterocycles. The van der Waals surface area contributed by atoms with Crippen molar-refractivity contribution < 1.29 is 4.79 Å². The number of aromatic nitrogens is 5. The van der Waals surface area contributed by atoms with Crippen molar-refractivity contribution in [1.29, 1.82) is 0 Å². The molecule has 2 aliphatic heterocycles. The molecule has 8 nitrogen and oxygen atoms in total. The number of rotatable bonds is 6. The highest BCUT2D eigenvalue weighted by Crippen LogP contribution is 2.50. The Morgan fingerprint density at radius 1 is 1.16 bits per heavy atom. The number of carbonyl (C=O) groups excluding carboxylic acids is 1. The molecule has 5 rings (SSSR count). The zero-order valence-corrected chi connectivity index (χ0v) is 19.1. The van der Waals surface area contributed by atoms with Gasteiger partial charge in [-0.2, -0.15) is 5.10 Å². The molecule has 168 valence electrons. The van der Waals surface area contributed by atoms with Crippen molar-refractivity contribution in [2.45, 2.75) is 45.3 Å². The van der Waals surface area contributed by atoms with Crippen LogP contribution >= 0.6 is 0 Å². The molecule has 0 aliphatic carbocycles. The van der Waals surface area contributed by atoms with Crippen molar-refractivity contribution in [3.8, 4) is 0 Å². The predicted octanol–water partition coefficient (Wildman–Crippen LogP) is 2.61. The van der Waals surface area contributed by atoms with Crippen molar-refractivity contribution in [3.05, 3.63) is 66.3 Å². The van der Waals surface area contributed by atoms with Crippen LogP contribution in [0.5, 0.6) is 0 Å². The standard InChI is InChI=1S/C24H31N7O/c1-18(2)31-15-22(26-17-31)21-14-29(12-20-10-27-28(3)11-20)16-24(21)6-9-30(23(24)32)13-19-4-7-25-8-5-19/h4-5,7-8,10-11,15,17-18,21H,6,9,12-14,16H2,1-3H3/t21-,24-/m1/s1. The molecule has 0 unspecified atom stereocenters. The molecule has 1 amide bonds. The summed E-state index contributed by atoms with van der Waals surface area (Å²) in [5, 5.41) is 4.32. The number of hydrogen-bond acceptors (Lipinski definition) is 5. The van der Waals surface area contributed by atoms with Gasteiger partial charge in [-0.25, -0.2) is 4.98 Å². The molecule has 2 aliphatic rings. The Labute approximate surface area is 188 Å². The summed E-state index contributed by atoms with van der Waals surface area (Å²) in [6.07, 6.45) is 12.5. The summed E-state index contributed by atoms with van der Waals surface area (Å²) in [5.41, 5.74) is 2.91. The first-order chi connectivity index (χ1) is 15.4. The van der Waals surface area contributed by atoms with Crippen LogP contribution in [0.15, 0.2) is 49.4 Å².